The fraction of sp³-hybridized carbons (Fsp3) is 0.533. The third-order valence-electron chi connectivity index (χ3n) is 3.72. The van der Waals surface area contributed by atoms with E-state index < -0.39 is 0 Å². The molecule has 1 heterocycles. The van der Waals surface area contributed by atoms with Crippen LogP contribution in [0, 0.1) is 5.92 Å². The Balaban J connectivity index is 2.02. The summed E-state index contributed by atoms with van der Waals surface area (Å²) in [6.07, 6.45) is 2.56. The van der Waals surface area contributed by atoms with Crippen LogP contribution < -0.4 is 0 Å². The van der Waals surface area contributed by atoms with Crippen LogP contribution in [-0.2, 0) is 11.3 Å². The maximum absolute atomic E-state index is 11.5. The quantitative estimate of drug-likeness (QED) is 0.797. The van der Waals surface area contributed by atoms with Crippen molar-refractivity contribution in [1.82, 2.24) is 4.90 Å². The molecule has 1 aliphatic heterocycles. The molecular weight excluding hydrogens is 306 g/mol. The van der Waals surface area contributed by atoms with Gasteiger partial charge in [-0.25, -0.2) is 4.79 Å². The van der Waals surface area contributed by atoms with E-state index >= 15 is 0 Å². The largest absolute Gasteiger partial charge is 0.465 e. The van der Waals surface area contributed by atoms with Gasteiger partial charge in [-0.1, -0.05) is 13.0 Å². The molecule has 1 aliphatic rings. The molecule has 1 aromatic rings. The van der Waals surface area contributed by atoms with Crippen molar-refractivity contribution in [3.8, 4) is 0 Å². The number of nitrogens with zero attached hydrogens (tertiary/aromatic N) is 1. The summed E-state index contributed by atoms with van der Waals surface area (Å²) in [4.78, 5) is 14.0. The first-order valence-electron chi connectivity index (χ1n) is 6.69. The van der Waals surface area contributed by atoms with Crippen molar-refractivity contribution < 1.29 is 9.53 Å². The molecule has 0 radical (unpaired) electrons. The van der Waals surface area contributed by atoms with Crippen molar-refractivity contribution in [2.24, 2.45) is 5.92 Å². The SMILES string of the molecule is COC(=O)c1ccc(CN2CCC(C)CC2)cc1Br. The van der Waals surface area contributed by atoms with Crippen molar-refractivity contribution in [2.75, 3.05) is 20.2 Å². The first-order chi connectivity index (χ1) is 9.10. The van der Waals surface area contributed by atoms with E-state index in [9.17, 15) is 4.79 Å². The third kappa shape index (κ3) is 3.80. The number of halogens is 1. The van der Waals surface area contributed by atoms with Crippen molar-refractivity contribution in [1.29, 1.82) is 0 Å². The summed E-state index contributed by atoms with van der Waals surface area (Å²) in [6, 6.07) is 5.86. The van der Waals surface area contributed by atoms with Gasteiger partial charge in [0.05, 0.1) is 12.7 Å². The Labute approximate surface area is 123 Å². The molecule has 0 amide bonds. The van der Waals surface area contributed by atoms with E-state index in [1.54, 1.807) is 0 Å². The number of carbonyl (C=O) groups is 1. The van der Waals surface area contributed by atoms with Gasteiger partial charge in [-0.05, 0) is 65.5 Å². The molecular formula is C15H20BrNO2. The lowest BCUT2D eigenvalue weighted by Gasteiger charge is -2.30. The van der Waals surface area contributed by atoms with E-state index in [1.165, 1.54) is 25.5 Å². The van der Waals surface area contributed by atoms with Gasteiger partial charge in [0.15, 0.2) is 0 Å². The Morgan fingerprint density at radius 1 is 1.42 bits per heavy atom. The number of methoxy groups -OCH3 is 1. The second kappa shape index (κ2) is 6.53. The maximum atomic E-state index is 11.5. The fourth-order valence-electron chi connectivity index (χ4n) is 2.41. The van der Waals surface area contributed by atoms with E-state index in [2.05, 4.69) is 27.8 Å². The van der Waals surface area contributed by atoms with E-state index in [-0.39, 0.29) is 5.97 Å². The molecule has 1 fully saturated rings. The van der Waals surface area contributed by atoms with E-state index in [4.69, 9.17) is 4.74 Å². The zero-order chi connectivity index (χ0) is 13.8. The van der Waals surface area contributed by atoms with Crippen LogP contribution in [0.3, 0.4) is 0 Å². The van der Waals surface area contributed by atoms with Gasteiger partial charge in [0.2, 0.25) is 0 Å². The number of piperidine rings is 1. The lowest BCUT2D eigenvalue weighted by molar-refractivity contribution is 0.0599. The molecule has 4 heteroatoms. The summed E-state index contributed by atoms with van der Waals surface area (Å²) < 4.78 is 5.55. The molecule has 0 N–H and O–H groups in total. The van der Waals surface area contributed by atoms with Crippen molar-refractivity contribution >= 4 is 21.9 Å². The van der Waals surface area contributed by atoms with Gasteiger partial charge in [0.25, 0.3) is 0 Å². The summed E-state index contributed by atoms with van der Waals surface area (Å²) in [5, 5.41) is 0. The molecule has 0 aliphatic carbocycles. The molecule has 0 spiro atoms. The Bertz CT molecular complexity index is 453. The summed E-state index contributed by atoms with van der Waals surface area (Å²) in [5.41, 5.74) is 1.81. The van der Waals surface area contributed by atoms with E-state index in [0.29, 0.717) is 5.56 Å². The van der Waals surface area contributed by atoms with Crippen LogP contribution in [0.2, 0.25) is 0 Å². The van der Waals surface area contributed by atoms with Crippen LogP contribution >= 0.6 is 15.9 Å². The Morgan fingerprint density at radius 2 is 2.11 bits per heavy atom. The minimum absolute atomic E-state index is 0.301. The highest BCUT2D eigenvalue weighted by molar-refractivity contribution is 9.10. The highest BCUT2D eigenvalue weighted by Gasteiger charge is 2.16. The fourth-order valence-corrected chi connectivity index (χ4v) is 3.00. The Morgan fingerprint density at radius 3 is 2.68 bits per heavy atom. The van der Waals surface area contributed by atoms with Crippen LogP contribution in [0.15, 0.2) is 22.7 Å². The minimum Gasteiger partial charge on any atom is -0.465 e. The molecule has 104 valence electrons. The molecule has 0 aromatic heterocycles. The van der Waals surface area contributed by atoms with Gasteiger partial charge in [0.1, 0.15) is 0 Å². The molecule has 1 saturated heterocycles. The summed E-state index contributed by atoms with van der Waals surface area (Å²) in [5.74, 6) is 0.551. The number of hydrogen-bond donors (Lipinski definition) is 0. The molecule has 0 bridgehead atoms. The number of rotatable bonds is 3. The molecule has 0 saturated carbocycles. The maximum Gasteiger partial charge on any atom is 0.338 e. The highest BCUT2D eigenvalue weighted by atomic mass is 79.9. The number of likely N-dealkylation sites (tertiary alicyclic amines) is 1. The number of esters is 1. The average molecular weight is 326 g/mol. The van der Waals surface area contributed by atoms with Crippen molar-refractivity contribution in [2.45, 2.75) is 26.3 Å². The standard InChI is InChI=1S/C15H20BrNO2/c1-11-5-7-17(8-6-11)10-12-3-4-13(14(16)9-12)15(18)19-2/h3-4,9,11H,5-8,10H2,1-2H3. The lowest BCUT2D eigenvalue weighted by Crippen LogP contribution is -2.32. The van der Waals surface area contributed by atoms with Crippen LogP contribution in [0.1, 0.15) is 35.7 Å². The van der Waals surface area contributed by atoms with Crippen LogP contribution in [0.25, 0.3) is 0 Å². The van der Waals surface area contributed by atoms with Crippen LogP contribution in [0.4, 0.5) is 0 Å². The molecule has 1 aromatic carbocycles. The van der Waals surface area contributed by atoms with Crippen molar-refractivity contribution in [3.05, 3.63) is 33.8 Å². The van der Waals surface area contributed by atoms with E-state index in [1.807, 2.05) is 18.2 Å². The number of benzene rings is 1. The monoisotopic (exact) mass is 325 g/mol. The van der Waals surface area contributed by atoms with Crippen molar-refractivity contribution in [3.63, 3.8) is 0 Å². The van der Waals surface area contributed by atoms with Crippen LogP contribution in [0.5, 0.6) is 0 Å². The van der Waals surface area contributed by atoms with Gasteiger partial charge < -0.3 is 4.74 Å². The zero-order valence-electron chi connectivity index (χ0n) is 11.5. The summed E-state index contributed by atoms with van der Waals surface area (Å²) >= 11 is 3.44. The molecule has 0 unspecified atom stereocenters. The first kappa shape index (κ1) is 14.5. The molecule has 3 nitrogen and oxygen atoms in total. The number of carbonyl (C=O) groups excluding carboxylic acids is 1. The third-order valence-corrected chi connectivity index (χ3v) is 4.38. The van der Waals surface area contributed by atoms with Crippen LogP contribution in [-0.4, -0.2) is 31.1 Å². The highest BCUT2D eigenvalue weighted by Crippen LogP contribution is 2.22. The predicted molar refractivity (Wildman–Crippen MR) is 79.2 cm³/mol. The van der Waals surface area contributed by atoms with E-state index in [0.717, 1.165) is 30.0 Å². The second-order valence-electron chi connectivity index (χ2n) is 5.26. The topological polar surface area (TPSA) is 29.5 Å². The molecule has 0 atom stereocenters. The van der Waals surface area contributed by atoms with Gasteiger partial charge in [-0.15, -0.1) is 0 Å². The normalized spacial score (nSPS) is 17.4. The van der Waals surface area contributed by atoms with Gasteiger partial charge in [-0.3, -0.25) is 4.90 Å². The average Bonchev–Trinajstić information content (AvgIpc) is 2.41. The molecule has 2 rings (SSSR count). The first-order valence-corrected chi connectivity index (χ1v) is 7.48. The minimum atomic E-state index is -0.301. The predicted octanol–water partition coefficient (Wildman–Crippen LogP) is 3.47. The second-order valence-corrected chi connectivity index (χ2v) is 6.12. The number of hydrogen-bond acceptors (Lipinski definition) is 3. The Hall–Kier alpha value is -0.870. The molecule has 19 heavy (non-hydrogen) atoms. The summed E-state index contributed by atoms with van der Waals surface area (Å²) in [7, 11) is 1.40. The summed E-state index contributed by atoms with van der Waals surface area (Å²) in [6.45, 7) is 5.60. The van der Waals surface area contributed by atoms with Gasteiger partial charge in [0, 0.05) is 11.0 Å². The van der Waals surface area contributed by atoms with Gasteiger partial charge >= 0.3 is 5.97 Å². The number of ether oxygens (including phenoxy) is 1. The zero-order valence-corrected chi connectivity index (χ0v) is 13.1. The Kier molecular flexibility index (Phi) is 4.99. The van der Waals surface area contributed by atoms with Gasteiger partial charge in [-0.2, -0.15) is 0 Å². The lowest BCUT2D eigenvalue weighted by atomic mass is 9.99. The smallest absolute Gasteiger partial charge is 0.338 e.